The Kier molecular flexibility index (Phi) is 6.63. The summed E-state index contributed by atoms with van der Waals surface area (Å²) in [5.74, 6) is -0.0561. The van der Waals surface area contributed by atoms with E-state index in [-0.39, 0.29) is 30.4 Å². The summed E-state index contributed by atoms with van der Waals surface area (Å²) < 4.78 is 49.5. The van der Waals surface area contributed by atoms with Crippen molar-refractivity contribution in [1.82, 2.24) is 35.3 Å². The van der Waals surface area contributed by atoms with Gasteiger partial charge in [-0.2, -0.15) is 18.3 Å². The van der Waals surface area contributed by atoms with Crippen molar-refractivity contribution in [2.45, 2.75) is 45.6 Å². The molecule has 0 saturated carbocycles. The van der Waals surface area contributed by atoms with Gasteiger partial charge in [-0.3, -0.25) is 9.78 Å². The van der Waals surface area contributed by atoms with Crippen molar-refractivity contribution < 1.29 is 32.3 Å². The topological polar surface area (TPSA) is 141 Å². The molecule has 0 spiro atoms. The third kappa shape index (κ3) is 5.43. The van der Waals surface area contributed by atoms with Crippen molar-refractivity contribution in [1.29, 1.82) is 0 Å². The lowest BCUT2D eigenvalue weighted by molar-refractivity contribution is -0.123. The van der Waals surface area contributed by atoms with Crippen LogP contribution in [0.15, 0.2) is 35.1 Å². The Balaban J connectivity index is 1.58. The quantitative estimate of drug-likeness (QED) is 0.388. The molecule has 0 aliphatic rings. The fourth-order valence-corrected chi connectivity index (χ4v) is 3.40. The summed E-state index contributed by atoms with van der Waals surface area (Å²) in [6, 6.07) is 4.37. The number of halogens is 3. The zero-order valence-corrected chi connectivity index (χ0v) is 19.5. The summed E-state index contributed by atoms with van der Waals surface area (Å²) in [6.45, 7) is 4.15. The van der Waals surface area contributed by atoms with Gasteiger partial charge < -0.3 is 19.7 Å². The van der Waals surface area contributed by atoms with Gasteiger partial charge in [0, 0.05) is 17.8 Å². The van der Waals surface area contributed by atoms with Crippen LogP contribution in [0, 0.1) is 0 Å². The average Bonchev–Trinajstić information content (AvgIpc) is 3.45. The van der Waals surface area contributed by atoms with E-state index in [0.717, 1.165) is 5.56 Å². The minimum atomic E-state index is -4.50. The molecular weight excluding hydrogens is 483 g/mol. The van der Waals surface area contributed by atoms with Gasteiger partial charge in [-0.15, -0.1) is 10.2 Å². The minimum absolute atomic E-state index is 0.0113. The average molecular weight is 505 g/mol. The Morgan fingerprint density at radius 2 is 2.00 bits per heavy atom. The molecule has 190 valence electrons. The van der Waals surface area contributed by atoms with Crippen molar-refractivity contribution >= 4 is 11.4 Å². The first-order valence-corrected chi connectivity index (χ1v) is 10.7. The van der Waals surface area contributed by atoms with Crippen LogP contribution in [-0.4, -0.2) is 53.7 Å². The Morgan fingerprint density at radius 1 is 1.22 bits per heavy atom. The maximum Gasteiger partial charge on any atom is 0.405 e. The summed E-state index contributed by atoms with van der Waals surface area (Å²) >= 11 is 0. The minimum Gasteiger partial charge on any atom is -0.470 e. The summed E-state index contributed by atoms with van der Waals surface area (Å²) in [7, 11) is 0. The van der Waals surface area contributed by atoms with E-state index in [1.807, 2.05) is 20.8 Å². The van der Waals surface area contributed by atoms with E-state index >= 15 is 0 Å². The van der Waals surface area contributed by atoms with Crippen LogP contribution in [0.4, 0.5) is 13.2 Å². The standard InChI is InChI=1S/C22H22F3N7O4/c1-21(2,3)17-16-8-28-29-18(15-6-14(9-33)36-31-15)32(16)30-20(17)35-10-13-5-4-12(7-26-13)19(34)27-11-22(23,24)25/h4-8,33H,9-11H2,1-3H3,(H,27,34). The van der Waals surface area contributed by atoms with Gasteiger partial charge >= 0.3 is 6.18 Å². The summed E-state index contributed by atoms with van der Waals surface area (Å²) in [5, 5.41) is 27.7. The monoisotopic (exact) mass is 505 g/mol. The molecule has 14 heteroatoms. The van der Waals surface area contributed by atoms with Gasteiger partial charge in [-0.05, 0) is 17.5 Å². The van der Waals surface area contributed by atoms with Crippen LogP contribution in [0.5, 0.6) is 5.88 Å². The number of nitrogens with one attached hydrogen (secondary N) is 1. The van der Waals surface area contributed by atoms with Gasteiger partial charge in [-0.1, -0.05) is 25.9 Å². The molecule has 0 bridgehead atoms. The van der Waals surface area contributed by atoms with Crippen molar-refractivity contribution in [2.24, 2.45) is 0 Å². The van der Waals surface area contributed by atoms with E-state index in [2.05, 4.69) is 25.4 Å². The molecule has 0 aliphatic heterocycles. The lowest BCUT2D eigenvalue weighted by atomic mass is 9.88. The zero-order chi connectivity index (χ0) is 26.1. The number of hydrogen-bond acceptors (Lipinski definition) is 9. The van der Waals surface area contributed by atoms with E-state index in [1.165, 1.54) is 28.9 Å². The molecule has 0 aromatic carbocycles. The smallest absolute Gasteiger partial charge is 0.405 e. The van der Waals surface area contributed by atoms with Crippen molar-refractivity contribution in [3.63, 3.8) is 0 Å². The normalized spacial score (nSPS) is 12.2. The second-order valence-corrected chi connectivity index (χ2v) is 8.86. The van der Waals surface area contributed by atoms with E-state index < -0.39 is 24.0 Å². The Bertz CT molecular complexity index is 1380. The molecule has 4 rings (SSSR count). The lowest BCUT2D eigenvalue weighted by Gasteiger charge is -2.18. The van der Waals surface area contributed by atoms with Crippen molar-refractivity contribution in [3.05, 3.63) is 53.2 Å². The number of fused-ring (bicyclic) bond motifs is 1. The number of nitrogens with zero attached hydrogens (tertiary/aromatic N) is 6. The predicted molar refractivity (Wildman–Crippen MR) is 118 cm³/mol. The van der Waals surface area contributed by atoms with E-state index in [1.54, 1.807) is 11.5 Å². The number of carbonyl (C=O) groups excluding carboxylic acids is 1. The van der Waals surface area contributed by atoms with Crippen LogP contribution in [0.1, 0.15) is 48.1 Å². The largest absolute Gasteiger partial charge is 0.470 e. The van der Waals surface area contributed by atoms with Gasteiger partial charge in [0.05, 0.1) is 23.0 Å². The van der Waals surface area contributed by atoms with E-state index in [9.17, 15) is 23.1 Å². The van der Waals surface area contributed by atoms with E-state index in [0.29, 0.717) is 22.8 Å². The fourth-order valence-electron chi connectivity index (χ4n) is 3.40. The zero-order valence-electron chi connectivity index (χ0n) is 19.5. The molecule has 36 heavy (non-hydrogen) atoms. The number of ether oxygens (including phenoxy) is 1. The Morgan fingerprint density at radius 3 is 2.61 bits per heavy atom. The van der Waals surface area contributed by atoms with E-state index in [4.69, 9.17) is 9.26 Å². The molecule has 4 heterocycles. The summed E-state index contributed by atoms with van der Waals surface area (Å²) in [4.78, 5) is 16.0. The fraction of sp³-hybridized carbons (Fsp3) is 0.364. The molecule has 2 N–H and O–H groups in total. The third-order valence-corrected chi connectivity index (χ3v) is 5.01. The molecule has 0 saturated heterocycles. The highest BCUT2D eigenvalue weighted by Gasteiger charge is 2.29. The van der Waals surface area contributed by atoms with Crippen molar-refractivity contribution in [2.75, 3.05) is 6.54 Å². The molecule has 0 unspecified atom stereocenters. The number of aliphatic hydroxyl groups excluding tert-OH is 1. The highest BCUT2D eigenvalue weighted by molar-refractivity contribution is 5.93. The highest BCUT2D eigenvalue weighted by atomic mass is 19.4. The molecule has 11 nitrogen and oxygen atoms in total. The predicted octanol–water partition coefficient (Wildman–Crippen LogP) is 2.84. The molecule has 4 aromatic rings. The number of pyridine rings is 1. The molecule has 0 radical (unpaired) electrons. The number of rotatable bonds is 7. The van der Waals surface area contributed by atoms with Crippen molar-refractivity contribution in [3.8, 4) is 17.4 Å². The maximum absolute atomic E-state index is 12.3. The molecule has 0 aliphatic carbocycles. The SMILES string of the molecule is CC(C)(C)c1c(OCc2ccc(C(=O)NCC(F)(F)F)cn2)nn2c(-c3cc(CO)on3)nncc12. The number of amides is 1. The molecular formula is C22H22F3N7O4. The second kappa shape index (κ2) is 9.53. The van der Waals surface area contributed by atoms with Crippen LogP contribution < -0.4 is 10.1 Å². The number of carbonyl (C=O) groups is 1. The first-order valence-electron chi connectivity index (χ1n) is 10.7. The Labute approximate surface area is 202 Å². The summed E-state index contributed by atoms with van der Waals surface area (Å²) in [5.41, 5.74) is 1.70. The number of hydrogen-bond donors (Lipinski definition) is 2. The maximum atomic E-state index is 12.3. The van der Waals surface area contributed by atoms with Gasteiger partial charge in [0.25, 0.3) is 5.91 Å². The first kappa shape index (κ1) is 25.0. The number of aromatic nitrogens is 6. The number of aliphatic hydroxyl groups is 1. The van der Waals surface area contributed by atoms with Gasteiger partial charge in [-0.25, -0.2) is 4.52 Å². The summed E-state index contributed by atoms with van der Waals surface area (Å²) in [6.07, 6.45) is -1.78. The third-order valence-electron chi connectivity index (χ3n) is 5.01. The van der Waals surface area contributed by atoms with Gasteiger partial charge in [0.1, 0.15) is 19.8 Å². The van der Waals surface area contributed by atoms with Crippen LogP contribution in [0.3, 0.4) is 0 Å². The van der Waals surface area contributed by atoms with Crippen LogP contribution in [-0.2, 0) is 18.6 Å². The Hall–Kier alpha value is -4.07. The molecule has 1 amide bonds. The molecule has 4 aromatic heterocycles. The van der Waals surface area contributed by atoms with Crippen LogP contribution >= 0.6 is 0 Å². The van der Waals surface area contributed by atoms with Gasteiger partial charge in [0.15, 0.2) is 11.5 Å². The molecule has 0 fully saturated rings. The van der Waals surface area contributed by atoms with Gasteiger partial charge in [0.2, 0.25) is 11.7 Å². The van der Waals surface area contributed by atoms with Crippen LogP contribution in [0.2, 0.25) is 0 Å². The molecule has 0 atom stereocenters. The first-order chi connectivity index (χ1) is 17.0. The lowest BCUT2D eigenvalue weighted by Crippen LogP contribution is -2.33. The highest BCUT2D eigenvalue weighted by Crippen LogP contribution is 2.36. The van der Waals surface area contributed by atoms with Crippen LogP contribution in [0.25, 0.3) is 17.0 Å². The number of alkyl halides is 3. The second-order valence-electron chi connectivity index (χ2n) is 8.86.